The zero-order chi connectivity index (χ0) is 18.8. The summed E-state index contributed by atoms with van der Waals surface area (Å²) in [7, 11) is 0. The lowest BCUT2D eigenvalue weighted by atomic mass is 9.72. The zero-order valence-electron chi connectivity index (χ0n) is 15.7. The molecule has 2 heterocycles. The van der Waals surface area contributed by atoms with E-state index < -0.39 is 0 Å². The minimum atomic E-state index is 0.413. The lowest BCUT2D eigenvalue weighted by molar-refractivity contribution is 0.333. The molecular formula is C24H23N3. The molecule has 1 aliphatic carbocycles. The molecule has 0 unspecified atom stereocenters. The molecule has 0 amide bonds. The Morgan fingerprint density at radius 2 is 2.00 bits per heavy atom. The van der Waals surface area contributed by atoms with E-state index in [2.05, 4.69) is 54.4 Å². The molecule has 0 radical (unpaired) electrons. The second-order valence-electron chi connectivity index (χ2n) is 7.49. The highest BCUT2D eigenvalue weighted by molar-refractivity contribution is 5.70. The van der Waals surface area contributed by atoms with E-state index in [4.69, 9.17) is 0 Å². The molecule has 0 saturated carbocycles. The predicted molar refractivity (Wildman–Crippen MR) is 109 cm³/mol. The summed E-state index contributed by atoms with van der Waals surface area (Å²) in [5.74, 6) is 1.68. The third-order valence-electron chi connectivity index (χ3n) is 5.85. The number of fused-ring (bicyclic) bond motifs is 1. The Labute approximate surface area is 160 Å². The van der Waals surface area contributed by atoms with E-state index in [0.717, 1.165) is 23.2 Å². The molecule has 3 nitrogen and oxygen atoms in total. The number of H-pyrrole nitrogens is 1. The maximum Gasteiger partial charge on any atom is 0.0998 e. The monoisotopic (exact) mass is 353 g/mol. The number of hydrogen-bond donors (Lipinski definition) is 1. The molecule has 0 spiro atoms. The maximum absolute atomic E-state index is 9.29. The zero-order valence-corrected chi connectivity index (χ0v) is 15.7. The summed E-state index contributed by atoms with van der Waals surface area (Å²) in [6, 6.07) is 13.9. The average molecular weight is 353 g/mol. The number of pyridine rings is 1. The summed E-state index contributed by atoms with van der Waals surface area (Å²) >= 11 is 0. The summed E-state index contributed by atoms with van der Waals surface area (Å²) in [5.41, 5.74) is 6.36. The Hall–Kier alpha value is -3.12. The number of aromatic amines is 1. The fourth-order valence-electron chi connectivity index (χ4n) is 4.04. The molecule has 3 atom stereocenters. The van der Waals surface area contributed by atoms with Crippen molar-refractivity contribution in [2.75, 3.05) is 0 Å². The number of hydrogen-bond acceptors (Lipinski definition) is 2. The summed E-state index contributed by atoms with van der Waals surface area (Å²) in [4.78, 5) is 7.87. The molecular weight excluding hydrogens is 330 g/mol. The lowest BCUT2D eigenvalue weighted by Crippen LogP contribution is -2.23. The lowest BCUT2D eigenvalue weighted by Gasteiger charge is -2.32. The number of nitrogens with zero attached hydrogens (tertiary/aromatic N) is 2. The van der Waals surface area contributed by atoms with Gasteiger partial charge in [-0.2, -0.15) is 5.26 Å². The molecule has 0 fully saturated rings. The predicted octanol–water partition coefficient (Wildman–Crippen LogP) is 5.57. The number of rotatable bonds is 3. The number of nitriles is 1. The van der Waals surface area contributed by atoms with Gasteiger partial charge >= 0.3 is 0 Å². The second-order valence-corrected chi connectivity index (χ2v) is 7.49. The SMILES string of the molecule is C[C@H]1[C@H](C=Cc2ccc(-c3ccccc3C#N)cn2)c2c[nH]cc2C[C@@H]1C. The Morgan fingerprint density at radius 3 is 2.78 bits per heavy atom. The Morgan fingerprint density at radius 1 is 1.15 bits per heavy atom. The molecule has 2 aromatic heterocycles. The van der Waals surface area contributed by atoms with E-state index >= 15 is 0 Å². The van der Waals surface area contributed by atoms with Crippen LogP contribution in [0.4, 0.5) is 0 Å². The minimum Gasteiger partial charge on any atom is -0.367 e. The molecule has 0 saturated heterocycles. The van der Waals surface area contributed by atoms with Crippen LogP contribution in [0.25, 0.3) is 17.2 Å². The third kappa shape index (κ3) is 3.31. The first-order valence-corrected chi connectivity index (χ1v) is 9.46. The van der Waals surface area contributed by atoms with Crippen LogP contribution in [-0.4, -0.2) is 9.97 Å². The molecule has 134 valence electrons. The quantitative estimate of drug-likeness (QED) is 0.669. The molecule has 27 heavy (non-hydrogen) atoms. The van der Waals surface area contributed by atoms with Gasteiger partial charge in [0.1, 0.15) is 0 Å². The number of benzene rings is 1. The first kappa shape index (κ1) is 17.3. The van der Waals surface area contributed by atoms with Crippen molar-refractivity contribution in [3.05, 3.63) is 83.4 Å². The molecule has 1 N–H and O–H groups in total. The van der Waals surface area contributed by atoms with E-state index in [-0.39, 0.29) is 0 Å². The van der Waals surface area contributed by atoms with E-state index in [1.165, 1.54) is 11.1 Å². The van der Waals surface area contributed by atoms with Crippen LogP contribution in [0.3, 0.4) is 0 Å². The number of nitrogens with one attached hydrogen (secondary N) is 1. The summed E-state index contributed by atoms with van der Waals surface area (Å²) in [6.45, 7) is 4.67. The van der Waals surface area contributed by atoms with Gasteiger partial charge in [-0.25, -0.2) is 0 Å². The van der Waals surface area contributed by atoms with Crippen LogP contribution in [0.1, 0.15) is 42.1 Å². The first-order chi connectivity index (χ1) is 13.2. The fraction of sp³-hybridized carbons (Fsp3) is 0.250. The highest BCUT2D eigenvalue weighted by Crippen LogP contribution is 2.40. The van der Waals surface area contributed by atoms with E-state index in [0.29, 0.717) is 23.3 Å². The summed E-state index contributed by atoms with van der Waals surface area (Å²) in [5, 5.41) is 9.29. The Bertz CT molecular complexity index is 1000. The van der Waals surface area contributed by atoms with Gasteiger partial charge < -0.3 is 4.98 Å². The maximum atomic E-state index is 9.29. The van der Waals surface area contributed by atoms with Gasteiger partial charge in [-0.3, -0.25) is 4.98 Å². The van der Waals surface area contributed by atoms with Crippen molar-refractivity contribution < 1.29 is 0 Å². The van der Waals surface area contributed by atoms with Crippen molar-refractivity contribution >= 4 is 6.08 Å². The normalized spacial score (nSPS) is 21.7. The highest BCUT2D eigenvalue weighted by atomic mass is 14.7. The third-order valence-corrected chi connectivity index (χ3v) is 5.85. The van der Waals surface area contributed by atoms with Crippen LogP contribution in [0.2, 0.25) is 0 Å². The van der Waals surface area contributed by atoms with E-state index in [1.54, 1.807) is 0 Å². The van der Waals surface area contributed by atoms with Gasteiger partial charge in [0.25, 0.3) is 0 Å². The molecule has 0 bridgehead atoms. The van der Waals surface area contributed by atoms with Gasteiger partial charge in [0.2, 0.25) is 0 Å². The highest BCUT2D eigenvalue weighted by Gasteiger charge is 2.30. The second kappa shape index (κ2) is 7.25. The molecule has 1 aromatic carbocycles. The van der Waals surface area contributed by atoms with Crippen molar-refractivity contribution in [2.45, 2.75) is 26.2 Å². The number of allylic oxidation sites excluding steroid dienone is 1. The van der Waals surface area contributed by atoms with Crippen LogP contribution < -0.4 is 0 Å². The van der Waals surface area contributed by atoms with Gasteiger partial charge in [-0.15, -0.1) is 0 Å². The Balaban J connectivity index is 1.58. The molecule has 4 rings (SSSR count). The summed E-state index contributed by atoms with van der Waals surface area (Å²) in [6.07, 6.45) is 11.7. The van der Waals surface area contributed by atoms with Gasteiger partial charge in [-0.05, 0) is 47.6 Å². The minimum absolute atomic E-state index is 0.413. The van der Waals surface area contributed by atoms with Crippen LogP contribution in [0.15, 0.2) is 61.1 Å². The number of aromatic nitrogens is 2. The largest absolute Gasteiger partial charge is 0.367 e. The van der Waals surface area contributed by atoms with E-state index in [1.807, 2.05) is 42.6 Å². The molecule has 0 aliphatic heterocycles. The first-order valence-electron chi connectivity index (χ1n) is 9.46. The van der Waals surface area contributed by atoms with Crippen molar-refractivity contribution in [1.82, 2.24) is 9.97 Å². The molecule has 3 aromatic rings. The van der Waals surface area contributed by atoms with Gasteiger partial charge in [0, 0.05) is 35.6 Å². The van der Waals surface area contributed by atoms with Crippen molar-refractivity contribution in [3.63, 3.8) is 0 Å². The molecule has 3 heteroatoms. The van der Waals surface area contributed by atoms with E-state index in [9.17, 15) is 5.26 Å². The molecule has 1 aliphatic rings. The van der Waals surface area contributed by atoms with Crippen LogP contribution in [0, 0.1) is 23.2 Å². The standard InChI is InChI=1S/C24H23N3/c1-16-11-20-13-26-15-24(20)22(17(16)2)10-9-21-8-7-19(14-27-21)23-6-4-3-5-18(23)12-25/h3-10,13-17,22,26H,11H2,1-2H3/t16-,17+,22-/m0/s1. The Kier molecular flexibility index (Phi) is 4.64. The van der Waals surface area contributed by atoms with Gasteiger partial charge in [0.15, 0.2) is 0 Å². The topological polar surface area (TPSA) is 52.5 Å². The van der Waals surface area contributed by atoms with Crippen molar-refractivity contribution in [3.8, 4) is 17.2 Å². The van der Waals surface area contributed by atoms with Crippen molar-refractivity contribution in [1.29, 1.82) is 5.26 Å². The fourth-order valence-corrected chi connectivity index (χ4v) is 4.04. The van der Waals surface area contributed by atoms with Crippen LogP contribution >= 0.6 is 0 Å². The van der Waals surface area contributed by atoms with Crippen LogP contribution in [0.5, 0.6) is 0 Å². The van der Waals surface area contributed by atoms with Gasteiger partial charge in [0.05, 0.1) is 17.3 Å². The van der Waals surface area contributed by atoms with Gasteiger partial charge in [-0.1, -0.05) is 44.2 Å². The smallest absolute Gasteiger partial charge is 0.0998 e. The van der Waals surface area contributed by atoms with Crippen LogP contribution in [-0.2, 0) is 6.42 Å². The average Bonchev–Trinajstić information content (AvgIpc) is 3.16. The summed E-state index contributed by atoms with van der Waals surface area (Å²) < 4.78 is 0. The van der Waals surface area contributed by atoms with Crippen molar-refractivity contribution in [2.24, 2.45) is 11.8 Å².